The molecule has 1 atom stereocenters. The van der Waals surface area contributed by atoms with E-state index in [1.54, 1.807) is 30.5 Å². The van der Waals surface area contributed by atoms with Gasteiger partial charge in [-0.05, 0) is 29.8 Å². The van der Waals surface area contributed by atoms with Gasteiger partial charge in [0, 0.05) is 19.2 Å². The van der Waals surface area contributed by atoms with Crippen molar-refractivity contribution in [3.8, 4) is 0 Å². The molecule has 7 nitrogen and oxygen atoms in total. The third-order valence-corrected chi connectivity index (χ3v) is 4.89. The van der Waals surface area contributed by atoms with Crippen molar-refractivity contribution < 1.29 is 4.79 Å². The van der Waals surface area contributed by atoms with E-state index in [9.17, 15) is 14.4 Å². The molecule has 2 aromatic carbocycles. The van der Waals surface area contributed by atoms with Crippen LogP contribution in [0.25, 0.3) is 10.9 Å². The Kier molecular flexibility index (Phi) is 5.52. The number of amides is 1. The van der Waals surface area contributed by atoms with Crippen LogP contribution in [0.15, 0.2) is 88.6 Å². The van der Waals surface area contributed by atoms with E-state index in [-0.39, 0.29) is 18.9 Å². The van der Waals surface area contributed by atoms with E-state index in [2.05, 4.69) is 15.3 Å². The molecule has 150 valence electrons. The highest BCUT2D eigenvalue weighted by molar-refractivity contribution is 5.79. The zero-order valence-electron chi connectivity index (χ0n) is 16.1. The van der Waals surface area contributed by atoms with Gasteiger partial charge in [0.25, 0.3) is 5.56 Å². The van der Waals surface area contributed by atoms with Crippen LogP contribution in [0.1, 0.15) is 23.7 Å². The lowest BCUT2D eigenvalue weighted by Crippen LogP contribution is -2.34. The maximum absolute atomic E-state index is 12.8. The summed E-state index contributed by atoms with van der Waals surface area (Å²) in [6, 6.07) is 21.6. The second kappa shape index (κ2) is 8.57. The molecular formula is C23H20N4O3. The molecule has 7 heteroatoms. The summed E-state index contributed by atoms with van der Waals surface area (Å²) in [5, 5.41) is 3.42. The number of para-hydroxylation sites is 1. The minimum atomic E-state index is -0.532. The van der Waals surface area contributed by atoms with Gasteiger partial charge < -0.3 is 5.32 Å². The van der Waals surface area contributed by atoms with Gasteiger partial charge in [0.15, 0.2) is 0 Å². The highest BCUT2D eigenvalue weighted by Gasteiger charge is 2.18. The smallest absolute Gasteiger partial charge is 0.328 e. The van der Waals surface area contributed by atoms with E-state index < -0.39 is 17.3 Å². The highest BCUT2D eigenvalue weighted by atomic mass is 16.2. The van der Waals surface area contributed by atoms with E-state index in [0.717, 1.165) is 11.3 Å². The molecule has 0 radical (unpaired) electrons. The molecule has 2 N–H and O–H groups in total. The fourth-order valence-electron chi connectivity index (χ4n) is 3.43. The summed E-state index contributed by atoms with van der Waals surface area (Å²) in [7, 11) is 0. The number of rotatable bonds is 6. The van der Waals surface area contributed by atoms with Gasteiger partial charge in [-0.1, -0.05) is 48.5 Å². The van der Waals surface area contributed by atoms with Crippen LogP contribution in [0.5, 0.6) is 0 Å². The number of fused-ring (bicyclic) bond motifs is 1. The second-order valence-corrected chi connectivity index (χ2v) is 6.84. The zero-order valence-corrected chi connectivity index (χ0v) is 16.1. The van der Waals surface area contributed by atoms with Gasteiger partial charge in [0.2, 0.25) is 5.91 Å². The number of aryl methyl sites for hydroxylation is 1. The van der Waals surface area contributed by atoms with Crippen molar-refractivity contribution in [3.05, 3.63) is 111 Å². The first-order valence-corrected chi connectivity index (χ1v) is 9.60. The van der Waals surface area contributed by atoms with Crippen molar-refractivity contribution in [1.82, 2.24) is 19.9 Å². The minimum absolute atomic E-state index is 0.0755. The van der Waals surface area contributed by atoms with Crippen molar-refractivity contribution in [2.75, 3.05) is 0 Å². The van der Waals surface area contributed by atoms with E-state index in [0.29, 0.717) is 10.9 Å². The fourth-order valence-corrected chi connectivity index (χ4v) is 3.43. The van der Waals surface area contributed by atoms with Gasteiger partial charge in [0.05, 0.1) is 22.6 Å². The van der Waals surface area contributed by atoms with E-state index >= 15 is 0 Å². The monoisotopic (exact) mass is 400 g/mol. The van der Waals surface area contributed by atoms with Crippen LogP contribution >= 0.6 is 0 Å². The summed E-state index contributed by atoms with van der Waals surface area (Å²) < 4.78 is 1.41. The number of hydrogen-bond acceptors (Lipinski definition) is 4. The summed E-state index contributed by atoms with van der Waals surface area (Å²) in [4.78, 5) is 43.7. The van der Waals surface area contributed by atoms with Gasteiger partial charge >= 0.3 is 5.69 Å². The maximum atomic E-state index is 12.8. The van der Waals surface area contributed by atoms with E-state index in [4.69, 9.17) is 0 Å². The second-order valence-electron chi connectivity index (χ2n) is 6.84. The van der Waals surface area contributed by atoms with Gasteiger partial charge in [-0.15, -0.1) is 0 Å². The van der Waals surface area contributed by atoms with E-state index in [1.165, 1.54) is 4.57 Å². The predicted octanol–water partition coefficient (Wildman–Crippen LogP) is 2.38. The molecule has 0 saturated carbocycles. The fraction of sp³-hybridized carbons (Fsp3) is 0.130. The van der Waals surface area contributed by atoms with Gasteiger partial charge in [-0.3, -0.25) is 24.1 Å². The van der Waals surface area contributed by atoms with Crippen LogP contribution in [0.2, 0.25) is 0 Å². The molecular weight excluding hydrogens is 380 g/mol. The molecule has 1 unspecified atom stereocenters. The molecule has 0 bridgehead atoms. The number of nitrogens with one attached hydrogen (secondary N) is 2. The van der Waals surface area contributed by atoms with E-state index in [1.807, 2.05) is 48.5 Å². The minimum Gasteiger partial charge on any atom is -0.344 e. The first-order chi connectivity index (χ1) is 14.6. The number of nitrogens with zero attached hydrogens (tertiary/aromatic N) is 2. The third kappa shape index (κ3) is 4.05. The van der Waals surface area contributed by atoms with Crippen LogP contribution in [-0.2, 0) is 11.3 Å². The summed E-state index contributed by atoms with van der Waals surface area (Å²) >= 11 is 0. The average molecular weight is 400 g/mol. The first kappa shape index (κ1) is 19.3. The number of hydrogen-bond donors (Lipinski definition) is 2. The molecule has 1 amide bonds. The summed E-state index contributed by atoms with van der Waals surface area (Å²) in [5.41, 5.74) is 1.18. The number of carbonyl (C=O) groups excluding carboxylic acids is 1. The van der Waals surface area contributed by atoms with Crippen LogP contribution < -0.4 is 16.6 Å². The molecule has 0 aliphatic carbocycles. The third-order valence-electron chi connectivity index (χ3n) is 4.89. The van der Waals surface area contributed by atoms with Crippen molar-refractivity contribution in [2.24, 2.45) is 0 Å². The normalized spacial score (nSPS) is 11.9. The predicted molar refractivity (Wildman–Crippen MR) is 114 cm³/mol. The largest absolute Gasteiger partial charge is 0.344 e. The highest BCUT2D eigenvalue weighted by Crippen LogP contribution is 2.20. The Morgan fingerprint density at radius 2 is 1.70 bits per heavy atom. The number of aromatic amines is 1. The van der Waals surface area contributed by atoms with Crippen molar-refractivity contribution in [1.29, 1.82) is 0 Å². The van der Waals surface area contributed by atoms with Crippen molar-refractivity contribution >= 4 is 16.8 Å². The standard InChI is InChI=1S/C23H20N4O3/c28-20(13-15-27-19-12-5-4-10-17(19)22(29)26-23(27)30)25-21(16-8-2-1-3-9-16)18-11-6-7-14-24-18/h1-12,14,21H,13,15H2,(H,25,28)(H,26,29,30). The van der Waals surface area contributed by atoms with Crippen LogP contribution in [0.3, 0.4) is 0 Å². The lowest BCUT2D eigenvalue weighted by atomic mass is 10.0. The quantitative estimate of drug-likeness (QED) is 0.519. The zero-order chi connectivity index (χ0) is 20.9. The van der Waals surface area contributed by atoms with Gasteiger partial charge in [-0.25, -0.2) is 4.79 Å². The SMILES string of the molecule is O=C(CCn1c(=O)[nH]c(=O)c2ccccc21)NC(c1ccccc1)c1ccccn1. The Bertz CT molecular complexity index is 1240. The molecule has 0 aliphatic rings. The lowest BCUT2D eigenvalue weighted by Gasteiger charge is -2.19. The number of pyridine rings is 1. The molecule has 0 aliphatic heterocycles. The molecule has 2 aromatic heterocycles. The van der Waals surface area contributed by atoms with Gasteiger partial charge in [-0.2, -0.15) is 0 Å². The number of carbonyl (C=O) groups is 1. The lowest BCUT2D eigenvalue weighted by molar-refractivity contribution is -0.121. The van der Waals surface area contributed by atoms with Crippen molar-refractivity contribution in [2.45, 2.75) is 19.0 Å². The molecule has 4 rings (SSSR count). The molecule has 0 saturated heterocycles. The molecule has 2 heterocycles. The number of H-pyrrole nitrogens is 1. The molecule has 4 aromatic rings. The molecule has 0 spiro atoms. The average Bonchev–Trinajstić information content (AvgIpc) is 2.78. The van der Waals surface area contributed by atoms with Crippen molar-refractivity contribution in [3.63, 3.8) is 0 Å². The summed E-state index contributed by atoms with van der Waals surface area (Å²) in [6.07, 6.45) is 1.76. The molecule has 0 fully saturated rings. The summed E-state index contributed by atoms with van der Waals surface area (Å²) in [6.45, 7) is 0.145. The number of benzene rings is 2. The Morgan fingerprint density at radius 3 is 2.47 bits per heavy atom. The van der Waals surface area contributed by atoms with Crippen LogP contribution in [-0.4, -0.2) is 20.4 Å². The first-order valence-electron chi connectivity index (χ1n) is 9.60. The maximum Gasteiger partial charge on any atom is 0.328 e. The Labute approximate surface area is 172 Å². The Morgan fingerprint density at radius 1 is 0.967 bits per heavy atom. The summed E-state index contributed by atoms with van der Waals surface area (Å²) in [5.74, 6) is -0.225. The van der Waals surface area contributed by atoms with Crippen LogP contribution in [0.4, 0.5) is 0 Å². The Balaban J connectivity index is 1.56. The number of aromatic nitrogens is 3. The topological polar surface area (TPSA) is 96.9 Å². The Hall–Kier alpha value is -4.00. The molecule has 30 heavy (non-hydrogen) atoms. The van der Waals surface area contributed by atoms with Gasteiger partial charge in [0.1, 0.15) is 0 Å². The van der Waals surface area contributed by atoms with Crippen LogP contribution in [0, 0.1) is 0 Å².